The van der Waals surface area contributed by atoms with E-state index in [2.05, 4.69) is 10.0 Å². The van der Waals surface area contributed by atoms with Gasteiger partial charge in [-0.3, -0.25) is 9.52 Å². The molecule has 2 heterocycles. The second kappa shape index (κ2) is 5.35. The highest BCUT2D eigenvalue weighted by Crippen LogP contribution is 2.39. The Morgan fingerprint density at radius 3 is 2.61 bits per heavy atom. The van der Waals surface area contributed by atoms with Crippen LogP contribution in [0.4, 0.5) is 11.4 Å². The molecule has 2 aromatic rings. The zero-order valence-corrected chi connectivity index (χ0v) is 14.8. The van der Waals surface area contributed by atoms with Gasteiger partial charge in [-0.15, -0.1) is 11.3 Å². The first-order chi connectivity index (χ1) is 10.7. The Bertz CT molecular complexity index is 882. The molecule has 3 rings (SSSR count). The second-order valence-electron chi connectivity index (χ2n) is 6.02. The third kappa shape index (κ3) is 2.74. The molecule has 0 radical (unpaired) electrons. The topological polar surface area (TPSA) is 75.3 Å². The summed E-state index contributed by atoms with van der Waals surface area (Å²) in [6.45, 7) is 5.63. The molecule has 0 atom stereocenters. The van der Waals surface area contributed by atoms with Crippen LogP contribution < -0.4 is 10.0 Å². The summed E-state index contributed by atoms with van der Waals surface area (Å²) < 4.78 is 27.8. The maximum Gasteiger partial charge on any atom is 0.271 e. The predicted molar refractivity (Wildman–Crippen MR) is 92.6 cm³/mol. The largest absolute Gasteiger partial charge is 0.325 e. The highest BCUT2D eigenvalue weighted by Gasteiger charge is 2.38. The normalized spacial score (nSPS) is 16.0. The quantitative estimate of drug-likeness (QED) is 0.888. The maximum atomic E-state index is 12.5. The molecule has 23 heavy (non-hydrogen) atoms. The number of aryl methyl sites for hydroxylation is 1. The molecular weight excluding hydrogens is 332 g/mol. The van der Waals surface area contributed by atoms with Crippen molar-refractivity contribution in [2.45, 2.75) is 36.8 Å². The summed E-state index contributed by atoms with van der Waals surface area (Å²) in [5, 5.41) is 2.81. The van der Waals surface area contributed by atoms with E-state index in [4.69, 9.17) is 0 Å². The monoisotopic (exact) mass is 350 g/mol. The van der Waals surface area contributed by atoms with Crippen molar-refractivity contribution in [1.29, 1.82) is 0 Å². The molecule has 1 aromatic heterocycles. The van der Waals surface area contributed by atoms with Crippen molar-refractivity contribution >= 4 is 38.6 Å². The van der Waals surface area contributed by atoms with Gasteiger partial charge in [0.2, 0.25) is 5.91 Å². The Hall–Kier alpha value is -1.86. The summed E-state index contributed by atoms with van der Waals surface area (Å²) in [6, 6.07) is 8.55. The summed E-state index contributed by atoms with van der Waals surface area (Å²) in [4.78, 5) is 13.0. The fourth-order valence-electron chi connectivity index (χ4n) is 2.53. The number of benzene rings is 1. The van der Waals surface area contributed by atoms with Crippen LogP contribution in [0.25, 0.3) is 0 Å². The van der Waals surface area contributed by atoms with Crippen LogP contribution in [0.15, 0.2) is 34.5 Å². The van der Waals surface area contributed by atoms with Crippen molar-refractivity contribution in [1.82, 2.24) is 0 Å². The van der Waals surface area contributed by atoms with Gasteiger partial charge >= 0.3 is 0 Å². The zero-order valence-electron chi connectivity index (χ0n) is 13.1. The van der Waals surface area contributed by atoms with Crippen LogP contribution in [0.1, 0.15) is 31.2 Å². The molecule has 7 heteroatoms. The number of hydrogen-bond acceptors (Lipinski definition) is 4. The van der Waals surface area contributed by atoms with Gasteiger partial charge in [0.1, 0.15) is 4.21 Å². The molecule has 122 valence electrons. The van der Waals surface area contributed by atoms with E-state index >= 15 is 0 Å². The van der Waals surface area contributed by atoms with Gasteiger partial charge in [-0.1, -0.05) is 6.92 Å². The fourth-order valence-corrected chi connectivity index (χ4v) is 4.88. The zero-order chi connectivity index (χ0) is 16.8. The highest BCUT2D eigenvalue weighted by molar-refractivity contribution is 7.94. The fraction of sp³-hybridized carbons (Fsp3) is 0.312. The first kappa shape index (κ1) is 16.0. The van der Waals surface area contributed by atoms with Gasteiger partial charge in [0.15, 0.2) is 0 Å². The molecule has 1 aromatic carbocycles. The van der Waals surface area contributed by atoms with Crippen LogP contribution in [0, 0.1) is 0 Å². The number of nitrogens with one attached hydrogen (secondary N) is 2. The molecule has 1 aliphatic rings. The molecule has 0 aliphatic carbocycles. The summed E-state index contributed by atoms with van der Waals surface area (Å²) in [7, 11) is -3.61. The lowest BCUT2D eigenvalue weighted by Gasteiger charge is -2.16. The average molecular weight is 350 g/mol. The average Bonchev–Trinajstić information content (AvgIpc) is 3.05. The molecule has 1 aliphatic heterocycles. The number of carbonyl (C=O) groups excluding carboxylic acids is 1. The molecule has 0 bridgehead atoms. The molecule has 5 nitrogen and oxygen atoms in total. The molecule has 0 spiro atoms. The summed E-state index contributed by atoms with van der Waals surface area (Å²) in [5.74, 6) is -0.0849. The lowest BCUT2D eigenvalue weighted by Crippen LogP contribution is -2.26. The third-order valence-corrected chi connectivity index (χ3v) is 7.11. The summed E-state index contributed by atoms with van der Waals surface area (Å²) >= 11 is 1.27. The van der Waals surface area contributed by atoms with Gasteiger partial charge in [0.25, 0.3) is 10.0 Å². The predicted octanol–water partition coefficient (Wildman–Crippen LogP) is 3.34. The molecule has 0 unspecified atom stereocenters. The van der Waals surface area contributed by atoms with Crippen molar-refractivity contribution in [3.8, 4) is 0 Å². The number of carbonyl (C=O) groups is 1. The number of rotatable bonds is 4. The van der Waals surface area contributed by atoms with Crippen LogP contribution in [0.5, 0.6) is 0 Å². The molecule has 0 fully saturated rings. The number of anilines is 2. The van der Waals surface area contributed by atoms with E-state index in [1.54, 1.807) is 24.3 Å². The van der Waals surface area contributed by atoms with Gasteiger partial charge in [-0.05, 0) is 56.2 Å². The molecule has 0 saturated carbocycles. The Labute approximate surface area is 139 Å². The van der Waals surface area contributed by atoms with E-state index in [9.17, 15) is 13.2 Å². The van der Waals surface area contributed by atoms with Crippen LogP contribution in [-0.2, 0) is 26.7 Å². The van der Waals surface area contributed by atoms with Crippen molar-refractivity contribution in [3.63, 3.8) is 0 Å². The number of sulfonamides is 1. The molecule has 1 amide bonds. The van der Waals surface area contributed by atoms with E-state index in [0.29, 0.717) is 9.90 Å². The number of thiophene rings is 1. The number of hydrogen-bond donors (Lipinski definition) is 2. The van der Waals surface area contributed by atoms with E-state index in [0.717, 1.165) is 22.5 Å². The van der Waals surface area contributed by atoms with Gasteiger partial charge in [0.05, 0.1) is 5.41 Å². The summed E-state index contributed by atoms with van der Waals surface area (Å²) in [6.07, 6.45) is 0.807. The van der Waals surface area contributed by atoms with Crippen molar-refractivity contribution < 1.29 is 13.2 Å². The molecule has 2 N–H and O–H groups in total. The minimum atomic E-state index is -3.61. The maximum absolute atomic E-state index is 12.5. The standard InChI is InChI=1S/C16H18N2O3S2/c1-4-11-6-8-14(22-11)23(20,21)18-10-5-7-13-12(9-10)16(2,3)15(19)17-13/h5-9,18H,4H2,1-3H3,(H,17,19). The van der Waals surface area contributed by atoms with Crippen LogP contribution in [-0.4, -0.2) is 14.3 Å². The van der Waals surface area contributed by atoms with Crippen LogP contribution >= 0.6 is 11.3 Å². The van der Waals surface area contributed by atoms with Crippen LogP contribution in [0.2, 0.25) is 0 Å². The Kier molecular flexibility index (Phi) is 3.72. The Balaban J connectivity index is 1.93. The first-order valence-corrected chi connectivity index (χ1v) is 9.61. The van der Waals surface area contributed by atoms with E-state index < -0.39 is 15.4 Å². The van der Waals surface area contributed by atoms with Gasteiger partial charge in [-0.25, -0.2) is 8.42 Å². The molecular formula is C16H18N2O3S2. The molecule has 0 saturated heterocycles. The van der Waals surface area contributed by atoms with E-state index in [-0.39, 0.29) is 5.91 Å². The SMILES string of the molecule is CCc1ccc(S(=O)(=O)Nc2ccc3c(c2)C(C)(C)C(=O)N3)s1. The lowest BCUT2D eigenvalue weighted by atomic mass is 9.86. The Morgan fingerprint density at radius 2 is 1.96 bits per heavy atom. The van der Waals surface area contributed by atoms with Gasteiger partial charge in [0, 0.05) is 16.3 Å². The van der Waals surface area contributed by atoms with E-state index in [1.807, 2.05) is 26.8 Å². The lowest BCUT2D eigenvalue weighted by molar-refractivity contribution is -0.119. The van der Waals surface area contributed by atoms with Crippen molar-refractivity contribution in [2.75, 3.05) is 10.0 Å². The van der Waals surface area contributed by atoms with Gasteiger partial charge in [-0.2, -0.15) is 0 Å². The van der Waals surface area contributed by atoms with Crippen LogP contribution in [0.3, 0.4) is 0 Å². The number of amides is 1. The van der Waals surface area contributed by atoms with Gasteiger partial charge < -0.3 is 5.32 Å². The summed E-state index contributed by atoms with van der Waals surface area (Å²) in [5.41, 5.74) is 1.31. The third-order valence-electron chi connectivity index (χ3n) is 4.01. The first-order valence-electron chi connectivity index (χ1n) is 7.31. The van der Waals surface area contributed by atoms with E-state index in [1.165, 1.54) is 11.3 Å². The van der Waals surface area contributed by atoms with Crippen molar-refractivity contribution in [3.05, 3.63) is 40.8 Å². The highest BCUT2D eigenvalue weighted by atomic mass is 32.2. The smallest absolute Gasteiger partial charge is 0.271 e. The Morgan fingerprint density at radius 1 is 1.22 bits per heavy atom. The second-order valence-corrected chi connectivity index (χ2v) is 9.10. The minimum Gasteiger partial charge on any atom is -0.325 e. The minimum absolute atomic E-state index is 0.0849. The number of fused-ring (bicyclic) bond motifs is 1. The van der Waals surface area contributed by atoms with Crippen molar-refractivity contribution in [2.24, 2.45) is 0 Å².